The van der Waals surface area contributed by atoms with E-state index >= 15 is 0 Å². The highest BCUT2D eigenvalue weighted by Crippen LogP contribution is 2.23. The van der Waals surface area contributed by atoms with Crippen LogP contribution in [0.25, 0.3) is 0 Å². The van der Waals surface area contributed by atoms with Crippen LogP contribution < -0.4 is 10.6 Å². The van der Waals surface area contributed by atoms with Crippen LogP contribution in [0.15, 0.2) is 82.6 Å². The van der Waals surface area contributed by atoms with Gasteiger partial charge in [-0.2, -0.15) is 0 Å². The Kier molecular flexibility index (Phi) is 13.5. The second-order valence-electron chi connectivity index (χ2n) is 10.8. The normalized spacial score (nSPS) is 13.3. The second-order valence-corrected chi connectivity index (χ2v) is 14.3. The fourth-order valence-electron chi connectivity index (χ4n) is 4.47. The molecule has 2 unspecified atom stereocenters. The van der Waals surface area contributed by atoms with Gasteiger partial charge in [0.25, 0.3) is 5.91 Å². The first kappa shape index (κ1) is 36.4. The molecule has 3 aromatic rings. The molecule has 3 aromatic carbocycles. The summed E-state index contributed by atoms with van der Waals surface area (Å²) in [4.78, 5) is 50.9. The number of rotatable bonds is 17. The molecule has 0 heterocycles. The molecule has 0 radical (unpaired) electrons. The maximum absolute atomic E-state index is 13.7. The largest absolute Gasteiger partial charge is 0.611 e. The number of carbonyl (C=O) groups is 4. The van der Waals surface area contributed by atoms with E-state index in [-0.39, 0.29) is 47.8 Å². The lowest BCUT2D eigenvalue weighted by molar-refractivity contribution is -0.137. The molecule has 13 heteroatoms. The SMILES string of the molecule is COCCNC(=O)[C@H](CCC(=O)O)NC(=O)c1ccc(C(=O)C(C[S+]([O-])c2ccc(C)cc2)CS(=O)(=O)c2ccc(C)cc2)cc1. The number of sulfone groups is 1. The monoisotopic (exact) mass is 670 g/mol. The van der Waals surface area contributed by atoms with Crippen LogP contribution in [0.5, 0.6) is 0 Å². The van der Waals surface area contributed by atoms with Crippen molar-refractivity contribution in [2.75, 3.05) is 31.8 Å². The van der Waals surface area contributed by atoms with Crippen LogP contribution in [-0.4, -0.2) is 79.5 Å². The number of methoxy groups -OCH3 is 1. The molecule has 0 bridgehead atoms. The van der Waals surface area contributed by atoms with Gasteiger partial charge in [0.15, 0.2) is 20.5 Å². The van der Waals surface area contributed by atoms with Crippen LogP contribution >= 0.6 is 0 Å². The molecule has 0 saturated heterocycles. The molecule has 0 aliphatic heterocycles. The lowest BCUT2D eigenvalue weighted by Crippen LogP contribution is -2.47. The quantitative estimate of drug-likeness (QED) is 0.111. The summed E-state index contributed by atoms with van der Waals surface area (Å²) < 4.78 is 44.9. The zero-order valence-electron chi connectivity index (χ0n) is 25.9. The number of aryl methyl sites for hydroxylation is 2. The van der Waals surface area contributed by atoms with E-state index in [0.717, 1.165) is 11.1 Å². The van der Waals surface area contributed by atoms with Gasteiger partial charge in [0, 0.05) is 31.2 Å². The van der Waals surface area contributed by atoms with Crippen molar-refractivity contribution in [3.8, 4) is 0 Å². The number of ketones is 1. The van der Waals surface area contributed by atoms with Crippen molar-refractivity contribution in [1.29, 1.82) is 0 Å². The van der Waals surface area contributed by atoms with Gasteiger partial charge in [0.05, 0.1) is 23.2 Å². The highest BCUT2D eigenvalue weighted by atomic mass is 32.2. The molecule has 3 atom stereocenters. The molecule has 0 saturated carbocycles. The van der Waals surface area contributed by atoms with Gasteiger partial charge < -0.3 is 25.0 Å². The van der Waals surface area contributed by atoms with Crippen LogP contribution in [0.4, 0.5) is 0 Å². The smallest absolute Gasteiger partial charge is 0.303 e. The van der Waals surface area contributed by atoms with Crippen LogP contribution in [0, 0.1) is 19.8 Å². The van der Waals surface area contributed by atoms with Gasteiger partial charge in [-0.1, -0.05) is 47.5 Å². The van der Waals surface area contributed by atoms with Crippen molar-refractivity contribution in [1.82, 2.24) is 10.6 Å². The molecule has 11 nitrogen and oxygen atoms in total. The molecule has 3 rings (SSSR count). The Labute approximate surface area is 271 Å². The molecule has 0 aromatic heterocycles. The molecule has 0 fully saturated rings. The first-order valence-corrected chi connectivity index (χ1v) is 17.5. The van der Waals surface area contributed by atoms with E-state index in [2.05, 4.69) is 10.6 Å². The van der Waals surface area contributed by atoms with E-state index in [4.69, 9.17) is 9.84 Å². The average Bonchev–Trinajstić information content (AvgIpc) is 3.02. The number of ether oxygens (including phenoxy) is 1. The van der Waals surface area contributed by atoms with Gasteiger partial charge in [-0.05, 0) is 67.8 Å². The van der Waals surface area contributed by atoms with Crippen molar-refractivity contribution in [2.24, 2.45) is 5.92 Å². The second kappa shape index (κ2) is 17.0. The minimum absolute atomic E-state index is 0.0488. The van der Waals surface area contributed by atoms with Crippen LogP contribution in [-0.2, 0) is 35.3 Å². The van der Waals surface area contributed by atoms with Crippen molar-refractivity contribution < 1.29 is 42.0 Å². The Balaban J connectivity index is 1.82. The molecule has 246 valence electrons. The van der Waals surface area contributed by atoms with Crippen molar-refractivity contribution in [3.05, 3.63) is 95.1 Å². The number of hydrogen-bond donors (Lipinski definition) is 3. The summed E-state index contributed by atoms with van der Waals surface area (Å²) in [6.45, 7) is 4.10. The maximum atomic E-state index is 13.7. The number of carboxylic acid groups (broad SMARTS) is 1. The van der Waals surface area contributed by atoms with E-state index in [0.29, 0.717) is 4.90 Å². The fourth-order valence-corrected chi connectivity index (χ4v) is 7.43. The van der Waals surface area contributed by atoms with Crippen molar-refractivity contribution >= 4 is 44.6 Å². The lowest BCUT2D eigenvalue weighted by atomic mass is 9.99. The summed E-state index contributed by atoms with van der Waals surface area (Å²) in [7, 11) is -2.48. The molecule has 2 amide bonds. The van der Waals surface area contributed by atoms with Crippen LogP contribution in [0.3, 0.4) is 0 Å². The first-order valence-electron chi connectivity index (χ1n) is 14.5. The summed E-state index contributed by atoms with van der Waals surface area (Å²) in [5.41, 5.74) is 2.03. The number of carboxylic acids is 1. The fraction of sp³-hybridized carbons (Fsp3) is 0.333. The highest BCUT2D eigenvalue weighted by Gasteiger charge is 2.32. The van der Waals surface area contributed by atoms with Crippen LogP contribution in [0.2, 0.25) is 0 Å². The Morgan fingerprint density at radius 1 is 0.891 bits per heavy atom. The molecule has 0 aliphatic rings. The molecule has 46 heavy (non-hydrogen) atoms. The zero-order chi connectivity index (χ0) is 33.9. The highest BCUT2D eigenvalue weighted by molar-refractivity contribution is 7.92. The Morgan fingerprint density at radius 2 is 1.46 bits per heavy atom. The summed E-state index contributed by atoms with van der Waals surface area (Å²) in [5.74, 6) is -4.90. The number of hydrogen-bond acceptors (Lipinski definition) is 8. The van der Waals surface area contributed by atoms with E-state index in [1.165, 1.54) is 43.5 Å². The number of aliphatic carboxylic acids is 1. The summed E-state index contributed by atoms with van der Waals surface area (Å²) in [6.07, 6.45) is -0.501. The summed E-state index contributed by atoms with van der Waals surface area (Å²) >= 11 is -1.68. The standard InChI is InChI=1S/C33H38N2O9S2/c1-22-4-12-27(13-5-22)45(41)20-26(21-46(42,43)28-14-6-23(2)7-15-28)31(38)24-8-10-25(11-9-24)32(39)35-29(16-17-30(36)37)33(40)34-18-19-44-3/h4-15,26,29H,16-21H2,1-3H3,(H,34,40)(H,35,39)(H,36,37)/t26?,29-,45?/m0/s1. The van der Waals surface area contributed by atoms with Gasteiger partial charge in [0.1, 0.15) is 11.8 Å². The van der Waals surface area contributed by atoms with E-state index < -0.39 is 62.3 Å². The number of carbonyl (C=O) groups excluding carboxylic acids is 3. The number of Topliss-reactive ketones (excluding diaryl/α,β-unsaturated/α-hetero) is 1. The molecule has 0 aliphatic carbocycles. The third kappa shape index (κ3) is 10.8. The summed E-state index contributed by atoms with van der Waals surface area (Å²) in [5, 5.41) is 14.2. The Morgan fingerprint density at radius 3 is 2.02 bits per heavy atom. The minimum atomic E-state index is -3.93. The van der Waals surface area contributed by atoms with Gasteiger partial charge in [-0.25, -0.2) is 8.42 Å². The zero-order valence-corrected chi connectivity index (χ0v) is 27.5. The predicted molar refractivity (Wildman–Crippen MR) is 173 cm³/mol. The first-order chi connectivity index (χ1) is 21.8. The van der Waals surface area contributed by atoms with Gasteiger partial charge in [-0.3, -0.25) is 19.2 Å². The van der Waals surface area contributed by atoms with Gasteiger partial charge in [-0.15, -0.1) is 0 Å². The molecule has 0 spiro atoms. The number of nitrogens with one attached hydrogen (secondary N) is 2. The third-order valence-corrected chi connectivity index (χ3v) is 10.4. The summed E-state index contributed by atoms with van der Waals surface area (Å²) in [6, 6.07) is 17.5. The van der Waals surface area contributed by atoms with Crippen molar-refractivity contribution in [2.45, 2.75) is 42.5 Å². The van der Waals surface area contributed by atoms with Crippen LogP contribution in [0.1, 0.15) is 44.7 Å². The number of benzene rings is 3. The topological polar surface area (TPSA) is 179 Å². The maximum Gasteiger partial charge on any atom is 0.303 e. The van der Waals surface area contributed by atoms with E-state index in [1.807, 2.05) is 13.8 Å². The molecular formula is C33H38N2O9S2. The third-order valence-electron chi connectivity index (χ3n) is 7.11. The number of amides is 2. The molecule has 3 N–H and O–H groups in total. The van der Waals surface area contributed by atoms with Crippen molar-refractivity contribution in [3.63, 3.8) is 0 Å². The molecular weight excluding hydrogens is 633 g/mol. The Bertz CT molecular complexity index is 1610. The lowest BCUT2D eigenvalue weighted by Gasteiger charge is -2.19. The minimum Gasteiger partial charge on any atom is -0.611 e. The Hall–Kier alpha value is -4.04. The predicted octanol–water partition coefficient (Wildman–Crippen LogP) is 3.11. The van der Waals surface area contributed by atoms with Gasteiger partial charge in [0.2, 0.25) is 5.91 Å². The van der Waals surface area contributed by atoms with E-state index in [9.17, 15) is 32.1 Å². The average molecular weight is 671 g/mol. The van der Waals surface area contributed by atoms with Gasteiger partial charge >= 0.3 is 5.97 Å². The van der Waals surface area contributed by atoms with E-state index in [1.54, 1.807) is 36.4 Å².